The first-order valence-corrected chi connectivity index (χ1v) is 7.33. The Bertz CT molecular complexity index is 614. The fraction of sp³-hybridized carbons (Fsp3) is 0.235. The standard InChI is InChI=1S/C17H18ClNO3/c1-21-15-7-5-13(6-8-15)11-17(20)19-9-10-22-16-4-2-3-14(18)12-16/h2-8,12H,9-11H2,1H3,(H,19,20). The van der Waals surface area contributed by atoms with Gasteiger partial charge in [0.05, 0.1) is 20.1 Å². The predicted molar refractivity (Wildman–Crippen MR) is 86.7 cm³/mol. The van der Waals surface area contributed by atoms with E-state index in [2.05, 4.69) is 5.32 Å². The maximum absolute atomic E-state index is 11.8. The van der Waals surface area contributed by atoms with Gasteiger partial charge in [-0.05, 0) is 35.9 Å². The number of hydrogen-bond donors (Lipinski definition) is 1. The summed E-state index contributed by atoms with van der Waals surface area (Å²) in [5.41, 5.74) is 0.939. The van der Waals surface area contributed by atoms with E-state index in [1.54, 1.807) is 19.2 Å². The first kappa shape index (κ1) is 16.2. The number of benzene rings is 2. The number of carbonyl (C=O) groups excluding carboxylic acids is 1. The summed E-state index contributed by atoms with van der Waals surface area (Å²) in [6, 6.07) is 14.6. The van der Waals surface area contributed by atoms with E-state index in [1.165, 1.54) is 0 Å². The lowest BCUT2D eigenvalue weighted by atomic mass is 10.1. The van der Waals surface area contributed by atoms with Gasteiger partial charge in [-0.1, -0.05) is 29.8 Å². The molecule has 0 fully saturated rings. The molecule has 116 valence electrons. The SMILES string of the molecule is COc1ccc(CC(=O)NCCOc2cccc(Cl)c2)cc1. The number of halogens is 1. The minimum Gasteiger partial charge on any atom is -0.497 e. The lowest BCUT2D eigenvalue weighted by Crippen LogP contribution is -2.29. The van der Waals surface area contributed by atoms with E-state index in [1.807, 2.05) is 36.4 Å². The highest BCUT2D eigenvalue weighted by Gasteiger charge is 2.03. The van der Waals surface area contributed by atoms with E-state index in [9.17, 15) is 4.79 Å². The van der Waals surface area contributed by atoms with E-state index in [0.29, 0.717) is 30.3 Å². The van der Waals surface area contributed by atoms with E-state index >= 15 is 0 Å². The van der Waals surface area contributed by atoms with Crippen LogP contribution >= 0.6 is 11.6 Å². The van der Waals surface area contributed by atoms with Crippen LogP contribution in [-0.2, 0) is 11.2 Å². The Kier molecular flexibility index (Phi) is 6.10. The van der Waals surface area contributed by atoms with Crippen LogP contribution in [0.25, 0.3) is 0 Å². The van der Waals surface area contributed by atoms with E-state index in [4.69, 9.17) is 21.1 Å². The lowest BCUT2D eigenvalue weighted by Gasteiger charge is -2.08. The topological polar surface area (TPSA) is 47.6 Å². The minimum absolute atomic E-state index is 0.0418. The van der Waals surface area contributed by atoms with Gasteiger partial charge in [-0.2, -0.15) is 0 Å². The van der Waals surface area contributed by atoms with Gasteiger partial charge >= 0.3 is 0 Å². The van der Waals surface area contributed by atoms with Crippen LogP contribution in [0.15, 0.2) is 48.5 Å². The van der Waals surface area contributed by atoms with E-state index in [-0.39, 0.29) is 5.91 Å². The number of carbonyl (C=O) groups is 1. The zero-order chi connectivity index (χ0) is 15.8. The van der Waals surface area contributed by atoms with Crippen molar-refractivity contribution in [1.29, 1.82) is 0 Å². The second-order valence-electron chi connectivity index (χ2n) is 4.68. The molecular formula is C17H18ClNO3. The molecule has 1 N–H and O–H groups in total. The van der Waals surface area contributed by atoms with Crippen molar-refractivity contribution in [2.75, 3.05) is 20.3 Å². The van der Waals surface area contributed by atoms with Crippen LogP contribution in [0, 0.1) is 0 Å². The third-order valence-electron chi connectivity index (χ3n) is 3.01. The molecule has 0 aliphatic heterocycles. The normalized spacial score (nSPS) is 10.1. The number of methoxy groups -OCH3 is 1. The fourth-order valence-corrected chi connectivity index (χ4v) is 2.09. The number of nitrogens with one attached hydrogen (secondary N) is 1. The average molecular weight is 320 g/mol. The van der Waals surface area contributed by atoms with Gasteiger partial charge in [0.2, 0.25) is 5.91 Å². The van der Waals surface area contributed by atoms with E-state index < -0.39 is 0 Å². The molecule has 5 heteroatoms. The molecule has 0 aliphatic rings. The summed E-state index contributed by atoms with van der Waals surface area (Å²) >= 11 is 5.86. The first-order valence-electron chi connectivity index (χ1n) is 6.95. The van der Waals surface area contributed by atoms with Crippen LogP contribution in [-0.4, -0.2) is 26.2 Å². The molecular weight excluding hydrogens is 302 g/mol. The lowest BCUT2D eigenvalue weighted by molar-refractivity contribution is -0.120. The van der Waals surface area contributed by atoms with Crippen molar-refractivity contribution < 1.29 is 14.3 Å². The highest BCUT2D eigenvalue weighted by Crippen LogP contribution is 2.16. The molecule has 0 unspecified atom stereocenters. The molecule has 0 spiro atoms. The van der Waals surface area contributed by atoms with Crippen LogP contribution in [0.2, 0.25) is 5.02 Å². The first-order chi connectivity index (χ1) is 10.7. The Morgan fingerprint density at radius 3 is 2.59 bits per heavy atom. The van der Waals surface area contributed by atoms with Crippen LogP contribution in [0.5, 0.6) is 11.5 Å². The average Bonchev–Trinajstić information content (AvgIpc) is 2.52. The number of rotatable bonds is 7. The molecule has 0 aliphatic carbocycles. The van der Waals surface area contributed by atoms with Crippen LogP contribution in [0.4, 0.5) is 0 Å². The second kappa shape index (κ2) is 8.29. The van der Waals surface area contributed by atoms with Crippen molar-refractivity contribution in [3.63, 3.8) is 0 Å². The third-order valence-corrected chi connectivity index (χ3v) is 3.25. The molecule has 2 aromatic rings. The van der Waals surface area contributed by atoms with Crippen LogP contribution in [0.3, 0.4) is 0 Å². The number of ether oxygens (including phenoxy) is 2. The van der Waals surface area contributed by atoms with Gasteiger partial charge in [-0.15, -0.1) is 0 Å². The van der Waals surface area contributed by atoms with Crippen molar-refractivity contribution in [3.05, 3.63) is 59.1 Å². The highest BCUT2D eigenvalue weighted by molar-refractivity contribution is 6.30. The zero-order valence-corrected chi connectivity index (χ0v) is 13.1. The van der Waals surface area contributed by atoms with Gasteiger partial charge in [-0.3, -0.25) is 4.79 Å². The summed E-state index contributed by atoms with van der Waals surface area (Å²) < 4.78 is 10.6. The molecule has 2 rings (SSSR count). The molecule has 0 atom stereocenters. The number of hydrogen-bond acceptors (Lipinski definition) is 3. The van der Waals surface area contributed by atoms with Crippen molar-refractivity contribution in [2.45, 2.75) is 6.42 Å². The molecule has 0 bridgehead atoms. The van der Waals surface area contributed by atoms with Crippen molar-refractivity contribution in [3.8, 4) is 11.5 Å². The molecule has 1 amide bonds. The summed E-state index contributed by atoms with van der Waals surface area (Å²) in [7, 11) is 1.61. The molecule has 22 heavy (non-hydrogen) atoms. The zero-order valence-electron chi connectivity index (χ0n) is 12.3. The summed E-state index contributed by atoms with van der Waals surface area (Å²) in [4.78, 5) is 11.8. The van der Waals surface area contributed by atoms with Crippen LogP contribution in [0.1, 0.15) is 5.56 Å². The molecule has 0 saturated heterocycles. The summed E-state index contributed by atoms with van der Waals surface area (Å²) in [5, 5.41) is 3.44. The molecule has 2 aromatic carbocycles. The Balaban J connectivity index is 1.69. The highest BCUT2D eigenvalue weighted by atomic mass is 35.5. The van der Waals surface area contributed by atoms with Gasteiger partial charge in [0.25, 0.3) is 0 Å². The Morgan fingerprint density at radius 1 is 1.14 bits per heavy atom. The van der Waals surface area contributed by atoms with Gasteiger partial charge in [-0.25, -0.2) is 0 Å². The maximum Gasteiger partial charge on any atom is 0.224 e. The number of amides is 1. The van der Waals surface area contributed by atoms with Crippen LogP contribution < -0.4 is 14.8 Å². The fourth-order valence-electron chi connectivity index (χ4n) is 1.91. The Hall–Kier alpha value is -2.20. The smallest absolute Gasteiger partial charge is 0.224 e. The van der Waals surface area contributed by atoms with Gasteiger partial charge in [0.1, 0.15) is 18.1 Å². The van der Waals surface area contributed by atoms with Gasteiger partial charge < -0.3 is 14.8 Å². The minimum atomic E-state index is -0.0418. The quantitative estimate of drug-likeness (QED) is 0.798. The largest absolute Gasteiger partial charge is 0.497 e. The molecule has 0 heterocycles. The Morgan fingerprint density at radius 2 is 1.91 bits per heavy atom. The van der Waals surface area contributed by atoms with Crippen molar-refractivity contribution >= 4 is 17.5 Å². The Labute approximate surface area is 135 Å². The molecule has 0 aromatic heterocycles. The van der Waals surface area contributed by atoms with Crippen molar-refractivity contribution in [1.82, 2.24) is 5.32 Å². The van der Waals surface area contributed by atoms with Gasteiger partial charge in [0, 0.05) is 5.02 Å². The van der Waals surface area contributed by atoms with E-state index in [0.717, 1.165) is 11.3 Å². The summed E-state index contributed by atoms with van der Waals surface area (Å²) in [6.45, 7) is 0.843. The monoisotopic (exact) mass is 319 g/mol. The molecule has 4 nitrogen and oxygen atoms in total. The van der Waals surface area contributed by atoms with Gasteiger partial charge in [0.15, 0.2) is 0 Å². The second-order valence-corrected chi connectivity index (χ2v) is 5.12. The predicted octanol–water partition coefficient (Wildman–Crippen LogP) is 3.09. The maximum atomic E-state index is 11.8. The molecule has 0 radical (unpaired) electrons. The third kappa shape index (κ3) is 5.30. The summed E-state index contributed by atoms with van der Waals surface area (Å²) in [6.07, 6.45) is 0.334. The summed E-state index contributed by atoms with van der Waals surface area (Å²) in [5.74, 6) is 1.43. The molecule has 0 saturated carbocycles. The van der Waals surface area contributed by atoms with Crippen molar-refractivity contribution in [2.24, 2.45) is 0 Å².